The second-order valence-electron chi connectivity index (χ2n) is 4.42. The fourth-order valence-corrected chi connectivity index (χ4v) is 1.22. The number of nitrogens with one attached hydrogen (secondary N) is 2. The van der Waals surface area contributed by atoms with Gasteiger partial charge >= 0.3 is 0 Å². The predicted octanol–water partition coefficient (Wildman–Crippen LogP) is -0.0736. The van der Waals surface area contributed by atoms with Gasteiger partial charge in [-0.2, -0.15) is 0 Å². The highest BCUT2D eigenvalue weighted by atomic mass is 16.5. The molecular weight excluding hydrogens is 218 g/mol. The van der Waals surface area contributed by atoms with Crippen LogP contribution < -0.4 is 10.6 Å². The lowest BCUT2D eigenvalue weighted by Gasteiger charge is -2.13. The highest BCUT2D eigenvalue weighted by molar-refractivity contribution is 5.78. The van der Waals surface area contributed by atoms with Gasteiger partial charge in [0, 0.05) is 25.6 Å². The highest BCUT2D eigenvalue weighted by Crippen LogP contribution is 1.91. The van der Waals surface area contributed by atoms with Crippen LogP contribution in [0.5, 0.6) is 0 Å². The first kappa shape index (κ1) is 16.4. The summed E-state index contributed by atoms with van der Waals surface area (Å²) in [6.07, 6.45) is 0. The Morgan fingerprint density at radius 1 is 1.35 bits per heavy atom. The third-order valence-corrected chi connectivity index (χ3v) is 2.38. The molecule has 0 saturated carbocycles. The summed E-state index contributed by atoms with van der Waals surface area (Å²) in [4.78, 5) is 13.6. The van der Waals surface area contributed by atoms with Crippen molar-refractivity contribution in [3.05, 3.63) is 0 Å². The highest BCUT2D eigenvalue weighted by Gasteiger charge is 2.10. The van der Waals surface area contributed by atoms with E-state index in [4.69, 9.17) is 4.74 Å². The van der Waals surface area contributed by atoms with Gasteiger partial charge in [-0.05, 0) is 20.6 Å². The van der Waals surface area contributed by atoms with Crippen molar-refractivity contribution < 1.29 is 9.53 Å². The van der Waals surface area contributed by atoms with Crippen LogP contribution in [-0.2, 0) is 9.53 Å². The molecule has 5 nitrogen and oxygen atoms in total. The molecule has 0 rings (SSSR count). The fraction of sp³-hybridized carbons (Fsp3) is 0.917. The zero-order valence-corrected chi connectivity index (χ0v) is 11.6. The molecule has 0 aromatic carbocycles. The van der Waals surface area contributed by atoms with Crippen molar-refractivity contribution in [2.75, 3.05) is 53.5 Å². The minimum absolute atomic E-state index is 0.0109. The van der Waals surface area contributed by atoms with Crippen LogP contribution in [0.15, 0.2) is 0 Å². The van der Waals surface area contributed by atoms with Gasteiger partial charge < -0.3 is 20.3 Å². The van der Waals surface area contributed by atoms with Crippen LogP contribution >= 0.6 is 0 Å². The summed E-state index contributed by atoms with van der Waals surface area (Å²) in [5.74, 6) is 0.0962. The SMILES string of the molecule is CCNCC(C)C(=O)NCCOCCN(C)C. The molecule has 1 amide bonds. The minimum atomic E-state index is 0.0109. The summed E-state index contributed by atoms with van der Waals surface area (Å²) in [7, 11) is 4.01. The second-order valence-corrected chi connectivity index (χ2v) is 4.42. The van der Waals surface area contributed by atoms with E-state index in [0.29, 0.717) is 19.8 Å². The van der Waals surface area contributed by atoms with E-state index in [1.165, 1.54) is 0 Å². The Balaban J connectivity index is 3.38. The minimum Gasteiger partial charge on any atom is -0.378 e. The first-order valence-corrected chi connectivity index (χ1v) is 6.28. The average Bonchev–Trinajstić information content (AvgIpc) is 2.29. The van der Waals surface area contributed by atoms with Gasteiger partial charge in [-0.3, -0.25) is 4.79 Å². The Morgan fingerprint density at radius 2 is 2.06 bits per heavy atom. The summed E-state index contributed by atoms with van der Waals surface area (Å²) in [6, 6.07) is 0. The van der Waals surface area contributed by atoms with Crippen molar-refractivity contribution in [1.29, 1.82) is 0 Å². The van der Waals surface area contributed by atoms with Crippen molar-refractivity contribution in [3.63, 3.8) is 0 Å². The molecule has 0 radical (unpaired) electrons. The summed E-state index contributed by atoms with van der Waals surface area (Å²) in [5, 5.41) is 6.02. The third-order valence-electron chi connectivity index (χ3n) is 2.38. The second kappa shape index (κ2) is 10.5. The van der Waals surface area contributed by atoms with Crippen molar-refractivity contribution >= 4 is 5.91 Å². The molecule has 0 aliphatic rings. The molecule has 0 saturated heterocycles. The maximum absolute atomic E-state index is 11.6. The van der Waals surface area contributed by atoms with Gasteiger partial charge in [-0.15, -0.1) is 0 Å². The molecule has 17 heavy (non-hydrogen) atoms. The van der Waals surface area contributed by atoms with E-state index in [1.54, 1.807) is 0 Å². The van der Waals surface area contributed by atoms with E-state index in [-0.39, 0.29) is 11.8 Å². The van der Waals surface area contributed by atoms with Gasteiger partial charge in [0.05, 0.1) is 13.2 Å². The van der Waals surface area contributed by atoms with Gasteiger partial charge in [0.2, 0.25) is 5.91 Å². The van der Waals surface area contributed by atoms with Crippen LogP contribution in [0.4, 0.5) is 0 Å². The molecule has 0 aromatic heterocycles. The fourth-order valence-electron chi connectivity index (χ4n) is 1.22. The van der Waals surface area contributed by atoms with Gasteiger partial charge in [-0.1, -0.05) is 13.8 Å². The Morgan fingerprint density at radius 3 is 2.65 bits per heavy atom. The molecule has 0 heterocycles. The topological polar surface area (TPSA) is 53.6 Å². The normalized spacial score (nSPS) is 12.8. The zero-order valence-electron chi connectivity index (χ0n) is 11.6. The number of hydrogen-bond donors (Lipinski definition) is 2. The number of carbonyl (C=O) groups is 1. The maximum Gasteiger partial charge on any atom is 0.224 e. The largest absolute Gasteiger partial charge is 0.378 e. The Kier molecular flexibility index (Phi) is 10.1. The molecule has 0 bridgehead atoms. The van der Waals surface area contributed by atoms with Gasteiger partial charge in [0.1, 0.15) is 0 Å². The van der Waals surface area contributed by atoms with Crippen molar-refractivity contribution in [3.8, 4) is 0 Å². The number of hydrogen-bond acceptors (Lipinski definition) is 4. The number of likely N-dealkylation sites (N-methyl/N-ethyl adjacent to an activating group) is 1. The van der Waals surface area contributed by atoms with Crippen LogP contribution in [0.1, 0.15) is 13.8 Å². The van der Waals surface area contributed by atoms with Crippen molar-refractivity contribution in [2.45, 2.75) is 13.8 Å². The molecule has 102 valence electrons. The van der Waals surface area contributed by atoms with Crippen LogP contribution in [-0.4, -0.2) is 64.3 Å². The van der Waals surface area contributed by atoms with E-state index in [9.17, 15) is 4.79 Å². The van der Waals surface area contributed by atoms with Gasteiger partial charge in [0.15, 0.2) is 0 Å². The smallest absolute Gasteiger partial charge is 0.224 e. The number of rotatable bonds is 10. The van der Waals surface area contributed by atoms with E-state index in [0.717, 1.165) is 19.6 Å². The maximum atomic E-state index is 11.6. The van der Waals surface area contributed by atoms with E-state index in [1.807, 2.05) is 27.9 Å². The lowest BCUT2D eigenvalue weighted by molar-refractivity contribution is -0.124. The lowest BCUT2D eigenvalue weighted by atomic mass is 10.1. The quantitative estimate of drug-likeness (QED) is 0.529. The molecule has 0 fully saturated rings. The molecule has 1 atom stereocenters. The van der Waals surface area contributed by atoms with Crippen LogP contribution in [0.3, 0.4) is 0 Å². The third kappa shape index (κ3) is 10.2. The summed E-state index contributed by atoms with van der Waals surface area (Å²) < 4.78 is 5.38. The monoisotopic (exact) mass is 245 g/mol. The first-order chi connectivity index (χ1) is 8.07. The Bertz CT molecular complexity index is 198. The first-order valence-electron chi connectivity index (χ1n) is 6.28. The van der Waals surface area contributed by atoms with Crippen LogP contribution in [0, 0.1) is 5.92 Å². The van der Waals surface area contributed by atoms with Gasteiger partial charge in [-0.25, -0.2) is 0 Å². The molecule has 0 spiro atoms. The number of amides is 1. The number of carbonyl (C=O) groups excluding carboxylic acids is 1. The lowest BCUT2D eigenvalue weighted by Crippen LogP contribution is -2.37. The number of nitrogens with zero attached hydrogens (tertiary/aromatic N) is 1. The molecule has 5 heteroatoms. The van der Waals surface area contributed by atoms with Crippen LogP contribution in [0.2, 0.25) is 0 Å². The van der Waals surface area contributed by atoms with E-state index >= 15 is 0 Å². The summed E-state index contributed by atoms with van der Waals surface area (Å²) in [6.45, 7) is 8.35. The number of ether oxygens (including phenoxy) is 1. The molecule has 0 aliphatic heterocycles. The average molecular weight is 245 g/mol. The molecule has 0 aromatic rings. The summed E-state index contributed by atoms with van der Waals surface area (Å²) in [5.41, 5.74) is 0. The Hall–Kier alpha value is -0.650. The molecular formula is C12H27N3O2. The van der Waals surface area contributed by atoms with E-state index < -0.39 is 0 Å². The predicted molar refractivity (Wildman–Crippen MR) is 70.1 cm³/mol. The standard InChI is InChI=1S/C12H27N3O2/c1-5-13-10-11(2)12(16)14-6-8-17-9-7-15(3)4/h11,13H,5-10H2,1-4H3,(H,14,16). The molecule has 0 aliphatic carbocycles. The zero-order chi connectivity index (χ0) is 13.1. The molecule has 1 unspecified atom stereocenters. The van der Waals surface area contributed by atoms with Crippen molar-refractivity contribution in [1.82, 2.24) is 15.5 Å². The van der Waals surface area contributed by atoms with Gasteiger partial charge in [0.25, 0.3) is 0 Å². The molecule has 2 N–H and O–H groups in total. The Labute approximate surface area is 105 Å². The summed E-state index contributed by atoms with van der Waals surface area (Å²) >= 11 is 0. The van der Waals surface area contributed by atoms with Crippen molar-refractivity contribution in [2.24, 2.45) is 5.92 Å². The van der Waals surface area contributed by atoms with E-state index in [2.05, 4.69) is 15.5 Å². The van der Waals surface area contributed by atoms with Crippen LogP contribution in [0.25, 0.3) is 0 Å².